The molecule has 0 bridgehead atoms. The van der Waals surface area contributed by atoms with E-state index in [4.69, 9.17) is 0 Å². The number of hydrogen-bond donors (Lipinski definition) is 1. The molecule has 0 unspecified atom stereocenters. The third-order valence-corrected chi connectivity index (χ3v) is 2.69. The van der Waals surface area contributed by atoms with Gasteiger partial charge in [-0.25, -0.2) is 0 Å². The van der Waals surface area contributed by atoms with Gasteiger partial charge in [0.05, 0.1) is 4.92 Å². The zero-order valence-electron chi connectivity index (χ0n) is 11.3. The van der Waals surface area contributed by atoms with Crippen molar-refractivity contribution in [3.8, 4) is 0 Å². The monoisotopic (exact) mass is 252 g/mol. The summed E-state index contributed by atoms with van der Waals surface area (Å²) >= 11 is 0. The molecule has 1 rings (SSSR count). The normalized spacial score (nSPS) is 10.0. The number of carbonyl (C=O) groups excluding carboxylic acids is 1. The van der Waals surface area contributed by atoms with Gasteiger partial charge >= 0.3 is 0 Å². The molecule has 100 valence electrons. The number of para-hydroxylation sites is 1. The molecule has 5 nitrogen and oxygen atoms in total. The summed E-state index contributed by atoms with van der Waals surface area (Å²) in [6, 6.07) is 7.93. The van der Waals surface area contributed by atoms with E-state index in [2.05, 4.69) is 5.32 Å². The van der Waals surface area contributed by atoms with Crippen molar-refractivity contribution in [2.24, 2.45) is 5.41 Å². The van der Waals surface area contributed by atoms with Crippen LogP contribution >= 0.6 is 0 Å². The van der Waals surface area contributed by atoms with Gasteiger partial charge in [0.2, 0.25) is 5.91 Å². The second-order valence-corrected chi connectivity index (χ2v) is 4.41. The van der Waals surface area contributed by atoms with Crippen LogP contribution in [0.5, 0.6) is 0 Å². The van der Waals surface area contributed by atoms with Crippen LogP contribution in [0.1, 0.15) is 27.2 Å². The minimum Gasteiger partial charge on any atom is -0.359 e. The van der Waals surface area contributed by atoms with Gasteiger partial charge in [-0.15, -0.1) is 0 Å². The number of hydrogen-bond acceptors (Lipinski definition) is 3. The van der Waals surface area contributed by atoms with Crippen molar-refractivity contribution in [2.45, 2.75) is 27.2 Å². The maximum atomic E-state index is 11.0. The van der Waals surface area contributed by atoms with Gasteiger partial charge in [-0.1, -0.05) is 39.0 Å². The Morgan fingerprint density at radius 1 is 1.33 bits per heavy atom. The van der Waals surface area contributed by atoms with Crippen molar-refractivity contribution >= 4 is 11.6 Å². The molecule has 1 amide bonds. The molecule has 0 radical (unpaired) electrons. The molecule has 1 aromatic carbocycles. The number of nitrogens with one attached hydrogen (secondary N) is 1. The molecule has 0 aromatic heterocycles. The van der Waals surface area contributed by atoms with Crippen LogP contribution in [0, 0.1) is 15.5 Å². The molecule has 0 aliphatic carbocycles. The van der Waals surface area contributed by atoms with Crippen molar-refractivity contribution in [1.29, 1.82) is 0 Å². The van der Waals surface area contributed by atoms with E-state index in [9.17, 15) is 14.9 Å². The number of rotatable bonds is 3. The van der Waals surface area contributed by atoms with Crippen LogP contribution in [0.3, 0.4) is 0 Å². The highest BCUT2D eigenvalue weighted by Crippen LogP contribution is 2.18. The largest absolute Gasteiger partial charge is 0.359 e. The Hall–Kier alpha value is -1.91. The molecular formula is C13H20N2O3. The van der Waals surface area contributed by atoms with Gasteiger partial charge in [-0.05, 0) is 6.42 Å². The van der Waals surface area contributed by atoms with E-state index in [-0.39, 0.29) is 17.0 Å². The van der Waals surface area contributed by atoms with E-state index in [0.29, 0.717) is 0 Å². The maximum Gasteiger partial charge on any atom is 0.269 e. The first kappa shape index (κ1) is 16.1. The van der Waals surface area contributed by atoms with Crippen molar-refractivity contribution in [3.05, 3.63) is 40.4 Å². The highest BCUT2D eigenvalue weighted by molar-refractivity contribution is 5.81. The Bertz CT molecular complexity index is 388. The van der Waals surface area contributed by atoms with Crippen LogP contribution in [0.25, 0.3) is 0 Å². The lowest BCUT2D eigenvalue weighted by Crippen LogP contribution is -2.33. The topological polar surface area (TPSA) is 72.2 Å². The molecular weight excluding hydrogens is 232 g/mol. The lowest BCUT2D eigenvalue weighted by Gasteiger charge is -2.19. The third-order valence-electron chi connectivity index (χ3n) is 2.69. The fourth-order valence-electron chi connectivity index (χ4n) is 1.05. The zero-order valence-corrected chi connectivity index (χ0v) is 11.3. The Labute approximate surface area is 107 Å². The number of amides is 1. The third kappa shape index (κ3) is 5.43. The summed E-state index contributed by atoms with van der Waals surface area (Å²) in [7, 11) is 1.67. The van der Waals surface area contributed by atoms with Gasteiger partial charge in [0, 0.05) is 24.6 Å². The van der Waals surface area contributed by atoms with Gasteiger partial charge in [0.25, 0.3) is 5.69 Å². The Kier molecular flexibility index (Phi) is 6.63. The lowest BCUT2D eigenvalue weighted by molar-refractivity contribution is -0.384. The molecule has 0 spiro atoms. The number of non-ortho nitro benzene ring substituents is 1. The summed E-state index contributed by atoms with van der Waals surface area (Å²) in [5.41, 5.74) is -0.0631. The maximum absolute atomic E-state index is 11.0. The van der Waals surface area contributed by atoms with E-state index in [1.165, 1.54) is 12.1 Å². The second-order valence-electron chi connectivity index (χ2n) is 4.41. The van der Waals surface area contributed by atoms with Gasteiger partial charge in [-0.2, -0.15) is 0 Å². The predicted octanol–water partition coefficient (Wildman–Crippen LogP) is 2.76. The fourth-order valence-corrected chi connectivity index (χ4v) is 1.05. The lowest BCUT2D eigenvalue weighted by atomic mass is 9.89. The molecule has 1 N–H and O–H groups in total. The second kappa shape index (κ2) is 7.42. The summed E-state index contributed by atoms with van der Waals surface area (Å²) in [6.45, 7) is 5.88. The molecule has 0 heterocycles. The van der Waals surface area contributed by atoms with Gasteiger partial charge in [-0.3, -0.25) is 14.9 Å². The molecule has 0 aliphatic rings. The molecule has 5 heteroatoms. The van der Waals surface area contributed by atoms with Gasteiger partial charge in [0.15, 0.2) is 0 Å². The molecule has 0 saturated heterocycles. The minimum atomic E-state index is -0.417. The SMILES string of the molecule is CCC(C)(C)C(=O)NC.O=[N+]([O-])c1ccccc1. The molecule has 0 aliphatic heterocycles. The van der Waals surface area contributed by atoms with Crippen molar-refractivity contribution in [2.75, 3.05) is 7.05 Å². The van der Waals surface area contributed by atoms with Crippen LogP contribution in [0.4, 0.5) is 5.69 Å². The quantitative estimate of drug-likeness (QED) is 0.664. The number of benzene rings is 1. The molecule has 0 fully saturated rings. The number of nitro benzene ring substituents is 1. The van der Waals surface area contributed by atoms with Crippen LogP contribution in [-0.4, -0.2) is 17.9 Å². The summed E-state index contributed by atoms with van der Waals surface area (Å²) in [6.07, 6.45) is 0.882. The summed E-state index contributed by atoms with van der Waals surface area (Å²) < 4.78 is 0. The highest BCUT2D eigenvalue weighted by atomic mass is 16.6. The molecule has 0 atom stereocenters. The fraction of sp³-hybridized carbons (Fsp3) is 0.462. The predicted molar refractivity (Wildman–Crippen MR) is 71.2 cm³/mol. The molecule has 18 heavy (non-hydrogen) atoms. The first-order valence-corrected chi connectivity index (χ1v) is 5.76. The summed E-state index contributed by atoms with van der Waals surface area (Å²) in [4.78, 5) is 20.5. The van der Waals surface area contributed by atoms with E-state index < -0.39 is 4.92 Å². The minimum absolute atomic E-state index is 0.116. The van der Waals surface area contributed by atoms with Crippen LogP contribution in [0.2, 0.25) is 0 Å². The van der Waals surface area contributed by atoms with Crippen LogP contribution in [-0.2, 0) is 4.79 Å². The van der Waals surface area contributed by atoms with E-state index >= 15 is 0 Å². The standard InChI is InChI=1S/C7H15NO.C6H5NO2/c1-5-7(2,3)6(9)8-4;8-7(9)6-4-2-1-3-5-6/h5H2,1-4H3,(H,8,9);1-5H. The average molecular weight is 252 g/mol. The first-order chi connectivity index (χ1) is 8.35. The van der Waals surface area contributed by atoms with Crippen molar-refractivity contribution in [1.82, 2.24) is 5.32 Å². The molecule has 0 saturated carbocycles. The van der Waals surface area contributed by atoms with Crippen LogP contribution < -0.4 is 5.32 Å². The average Bonchev–Trinajstić information content (AvgIpc) is 2.39. The smallest absolute Gasteiger partial charge is 0.269 e. The summed E-state index contributed by atoms with van der Waals surface area (Å²) in [5, 5.41) is 12.6. The zero-order chi connectivity index (χ0) is 14.2. The highest BCUT2D eigenvalue weighted by Gasteiger charge is 2.23. The van der Waals surface area contributed by atoms with Gasteiger partial charge in [0.1, 0.15) is 0 Å². The van der Waals surface area contributed by atoms with Crippen molar-refractivity contribution in [3.63, 3.8) is 0 Å². The van der Waals surface area contributed by atoms with Gasteiger partial charge < -0.3 is 5.32 Å². The number of nitrogens with zero attached hydrogens (tertiary/aromatic N) is 1. The Morgan fingerprint density at radius 3 is 2.06 bits per heavy atom. The molecule has 1 aromatic rings. The van der Waals surface area contributed by atoms with E-state index in [1.807, 2.05) is 20.8 Å². The summed E-state index contributed by atoms with van der Waals surface area (Å²) in [5.74, 6) is 0.116. The van der Waals surface area contributed by atoms with E-state index in [1.54, 1.807) is 25.2 Å². The van der Waals surface area contributed by atoms with Crippen molar-refractivity contribution < 1.29 is 9.72 Å². The Balaban J connectivity index is 0.000000321. The first-order valence-electron chi connectivity index (χ1n) is 5.76. The van der Waals surface area contributed by atoms with E-state index in [0.717, 1.165) is 6.42 Å². The number of carbonyl (C=O) groups is 1. The Morgan fingerprint density at radius 2 is 1.83 bits per heavy atom. The van der Waals surface area contributed by atoms with Crippen LogP contribution in [0.15, 0.2) is 30.3 Å². The number of nitro groups is 1.